The van der Waals surface area contributed by atoms with E-state index in [2.05, 4.69) is 4.98 Å². The van der Waals surface area contributed by atoms with E-state index < -0.39 is 5.97 Å². The number of esters is 1. The van der Waals surface area contributed by atoms with Gasteiger partial charge in [-0.25, -0.2) is 9.78 Å². The molecule has 0 atom stereocenters. The molecule has 0 fully saturated rings. The quantitative estimate of drug-likeness (QED) is 0.422. The van der Waals surface area contributed by atoms with Crippen molar-refractivity contribution in [2.24, 2.45) is 0 Å². The number of aromatic nitrogens is 1. The summed E-state index contributed by atoms with van der Waals surface area (Å²) in [7, 11) is 0. The minimum Gasteiger partial charge on any atom is -0.490 e. The maximum absolute atomic E-state index is 12.2. The first-order valence-corrected chi connectivity index (χ1v) is 9.46. The summed E-state index contributed by atoms with van der Waals surface area (Å²) in [6, 6.07) is 15.6. The molecule has 2 aromatic carbocycles. The second-order valence-electron chi connectivity index (χ2n) is 5.79. The highest BCUT2D eigenvalue weighted by atomic mass is 32.1. The Bertz CT molecular complexity index is 977. The molecule has 0 N–H and O–H groups in total. The van der Waals surface area contributed by atoms with Crippen LogP contribution in [0, 0.1) is 18.3 Å². The van der Waals surface area contributed by atoms with Gasteiger partial charge in [-0.1, -0.05) is 6.07 Å². The van der Waals surface area contributed by atoms with Crippen LogP contribution in [0.3, 0.4) is 0 Å². The molecule has 0 amide bonds. The van der Waals surface area contributed by atoms with Crippen molar-refractivity contribution in [1.82, 2.24) is 4.98 Å². The Kier molecular flexibility index (Phi) is 6.60. The highest BCUT2D eigenvalue weighted by Gasteiger charge is 2.09. The summed E-state index contributed by atoms with van der Waals surface area (Å²) in [6.07, 6.45) is 0. The Balaban J connectivity index is 1.45. The van der Waals surface area contributed by atoms with Crippen LogP contribution in [0.4, 0.5) is 0 Å². The summed E-state index contributed by atoms with van der Waals surface area (Å²) in [4.78, 5) is 16.5. The van der Waals surface area contributed by atoms with Crippen LogP contribution in [0.1, 0.15) is 26.6 Å². The lowest BCUT2D eigenvalue weighted by molar-refractivity contribution is 0.0450. The third kappa shape index (κ3) is 5.56. The third-order valence-corrected chi connectivity index (χ3v) is 4.51. The topological polar surface area (TPSA) is 81.4 Å². The van der Waals surface area contributed by atoms with E-state index in [4.69, 9.17) is 19.5 Å². The number of nitrogens with zero attached hydrogens (tertiary/aromatic N) is 2. The van der Waals surface area contributed by atoms with Crippen LogP contribution in [0.15, 0.2) is 53.9 Å². The molecule has 3 rings (SSSR count). The molecule has 0 aliphatic heterocycles. The molecule has 142 valence electrons. The lowest BCUT2D eigenvalue weighted by Crippen LogP contribution is -2.12. The first-order valence-electron chi connectivity index (χ1n) is 8.58. The molecule has 0 unspecified atom stereocenters. The molecule has 0 aliphatic rings. The maximum atomic E-state index is 12.2. The fourth-order valence-corrected chi connectivity index (χ4v) is 2.94. The fraction of sp³-hybridized carbons (Fsp3) is 0.190. The molecule has 0 radical (unpaired) electrons. The zero-order valence-electron chi connectivity index (χ0n) is 15.3. The van der Waals surface area contributed by atoms with Gasteiger partial charge in [0.2, 0.25) is 0 Å². The van der Waals surface area contributed by atoms with E-state index in [0.717, 1.165) is 10.7 Å². The maximum Gasteiger partial charge on any atom is 0.338 e. The molecule has 7 heteroatoms. The molecule has 28 heavy (non-hydrogen) atoms. The number of thiazole rings is 1. The molecule has 1 heterocycles. The van der Waals surface area contributed by atoms with E-state index >= 15 is 0 Å². The minimum atomic E-state index is -0.446. The minimum absolute atomic E-state index is 0.113. The Hall–Kier alpha value is -3.37. The summed E-state index contributed by atoms with van der Waals surface area (Å²) in [5, 5.41) is 11.7. The van der Waals surface area contributed by atoms with Crippen LogP contribution < -0.4 is 9.47 Å². The number of carbonyl (C=O) groups is 1. The van der Waals surface area contributed by atoms with Gasteiger partial charge in [-0.3, -0.25) is 0 Å². The van der Waals surface area contributed by atoms with Gasteiger partial charge in [0.25, 0.3) is 0 Å². The van der Waals surface area contributed by atoms with Crippen molar-refractivity contribution < 1.29 is 19.0 Å². The van der Waals surface area contributed by atoms with Crippen molar-refractivity contribution in [3.63, 3.8) is 0 Å². The molecule has 0 bridgehead atoms. The van der Waals surface area contributed by atoms with Gasteiger partial charge < -0.3 is 14.2 Å². The van der Waals surface area contributed by atoms with E-state index in [-0.39, 0.29) is 13.2 Å². The van der Waals surface area contributed by atoms with E-state index in [9.17, 15) is 4.79 Å². The standard InChI is InChI=1S/C21H18N2O4S/c1-15-23-18(14-28-15)13-27-20-4-2-3-17(11-20)21(24)26-10-9-25-19-7-5-16(12-22)6-8-19/h2-8,11,14H,9-10,13H2,1H3. The highest BCUT2D eigenvalue weighted by Crippen LogP contribution is 2.17. The molecule has 1 aromatic heterocycles. The smallest absolute Gasteiger partial charge is 0.338 e. The Morgan fingerprint density at radius 2 is 1.93 bits per heavy atom. The van der Waals surface area contributed by atoms with Crippen LogP contribution in [-0.2, 0) is 11.3 Å². The summed E-state index contributed by atoms with van der Waals surface area (Å²) in [5.74, 6) is 0.745. The molecular formula is C21H18N2O4S. The van der Waals surface area contributed by atoms with Gasteiger partial charge in [-0.2, -0.15) is 5.26 Å². The van der Waals surface area contributed by atoms with Crippen LogP contribution in [0.25, 0.3) is 0 Å². The first kappa shape index (κ1) is 19.4. The number of carbonyl (C=O) groups excluding carboxylic acids is 1. The Morgan fingerprint density at radius 3 is 2.64 bits per heavy atom. The number of hydrogen-bond acceptors (Lipinski definition) is 7. The normalized spacial score (nSPS) is 10.1. The molecular weight excluding hydrogens is 376 g/mol. The summed E-state index contributed by atoms with van der Waals surface area (Å²) in [5.41, 5.74) is 1.83. The van der Waals surface area contributed by atoms with E-state index in [1.54, 1.807) is 59.9 Å². The molecule has 6 nitrogen and oxygen atoms in total. The lowest BCUT2D eigenvalue weighted by atomic mass is 10.2. The molecule has 3 aromatic rings. The lowest BCUT2D eigenvalue weighted by Gasteiger charge is -2.09. The van der Waals surface area contributed by atoms with E-state index in [0.29, 0.717) is 29.2 Å². The predicted molar refractivity (Wildman–Crippen MR) is 105 cm³/mol. The summed E-state index contributed by atoms with van der Waals surface area (Å²) in [6.45, 7) is 2.62. The zero-order valence-corrected chi connectivity index (χ0v) is 16.1. The van der Waals surface area contributed by atoms with E-state index in [1.807, 2.05) is 18.4 Å². The monoisotopic (exact) mass is 394 g/mol. The van der Waals surface area contributed by atoms with Gasteiger partial charge in [0.05, 0.1) is 27.9 Å². The fourth-order valence-electron chi connectivity index (χ4n) is 2.35. The average Bonchev–Trinajstić information content (AvgIpc) is 3.15. The van der Waals surface area contributed by atoms with Gasteiger partial charge >= 0.3 is 5.97 Å². The second kappa shape index (κ2) is 9.53. The number of aryl methyl sites for hydroxylation is 1. The van der Waals surface area contributed by atoms with Gasteiger partial charge in [-0.15, -0.1) is 11.3 Å². The third-order valence-electron chi connectivity index (χ3n) is 3.69. The molecule has 0 saturated carbocycles. The van der Waals surface area contributed by atoms with Crippen molar-refractivity contribution in [3.8, 4) is 17.6 Å². The number of benzene rings is 2. The van der Waals surface area contributed by atoms with Crippen molar-refractivity contribution in [3.05, 3.63) is 75.7 Å². The number of ether oxygens (including phenoxy) is 3. The second-order valence-corrected chi connectivity index (χ2v) is 6.86. The average molecular weight is 394 g/mol. The van der Waals surface area contributed by atoms with Crippen molar-refractivity contribution in [2.45, 2.75) is 13.5 Å². The van der Waals surface area contributed by atoms with Crippen LogP contribution in [0.2, 0.25) is 0 Å². The Labute approximate surface area is 166 Å². The summed E-state index contributed by atoms with van der Waals surface area (Å²) < 4.78 is 16.4. The van der Waals surface area contributed by atoms with Crippen molar-refractivity contribution >= 4 is 17.3 Å². The molecule has 0 spiro atoms. The SMILES string of the molecule is Cc1nc(COc2cccc(C(=O)OCCOc3ccc(C#N)cc3)c2)cs1. The van der Waals surface area contributed by atoms with Gasteiger partial charge in [-0.05, 0) is 49.4 Å². The van der Waals surface area contributed by atoms with Gasteiger partial charge in [0.1, 0.15) is 31.3 Å². The van der Waals surface area contributed by atoms with Crippen LogP contribution >= 0.6 is 11.3 Å². The summed E-state index contributed by atoms with van der Waals surface area (Å²) >= 11 is 1.57. The Morgan fingerprint density at radius 1 is 1.11 bits per heavy atom. The van der Waals surface area contributed by atoms with Crippen molar-refractivity contribution in [1.29, 1.82) is 5.26 Å². The highest BCUT2D eigenvalue weighted by molar-refractivity contribution is 7.09. The zero-order chi connectivity index (χ0) is 19.8. The number of hydrogen-bond donors (Lipinski definition) is 0. The van der Waals surface area contributed by atoms with E-state index in [1.165, 1.54) is 0 Å². The number of nitriles is 1. The molecule has 0 saturated heterocycles. The van der Waals surface area contributed by atoms with Gasteiger partial charge in [0.15, 0.2) is 0 Å². The van der Waals surface area contributed by atoms with Crippen LogP contribution in [-0.4, -0.2) is 24.2 Å². The van der Waals surface area contributed by atoms with Gasteiger partial charge in [0, 0.05) is 5.38 Å². The van der Waals surface area contributed by atoms with Crippen LogP contribution in [0.5, 0.6) is 11.5 Å². The van der Waals surface area contributed by atoms with Crippen molar-refractivity contribution in [2.75, 3.05) is 13.2 Å². The predicted octanol–water partition coefficient (Wildman–Crippen LogP) is 4.14. The largest absolute Gasteiger partial charge is 0.490 e. The number of rotatable bonds is 8. The molecule has 0 aliphatic carbocycles. The first-order chi connectivity index (χ1) is 13.6.